The molecule has 0 radical (unpaired) electrons. The molecule has 0 bridgehead atoms. The molecular formula is C22H27N3O5S. The number of amides is 3. The van der Waals surface area contributed by atoms with E-state index in [4.69, 9.17) is 15.2 Å². The summed E-state index contributed by atoms with van der Waals surface area (Å²) in [6.07, 6.45) is 2.03. The predicted octanol–water partition coefficient (Wildman–Crippen LogP) is 3.79. The number of hydrogen-bond donors (Lipinski definition) is 2. The van der Waals surface area contributed by atoms with E-state index in [0.717, 1.165) is 23.3 Å². The number of rotatable bonds is 8. The molecule has 8 nitrogen and oxygen atoms in total. The van der Waals surface area contributed by atoms with Gasteiger partial charge in [-0.05, 0) is 43.5 Å². The van der Waals surface area contributed by atoms with Gasteiger partial charge in [0.2, 0.25) is 0 Å². The predicted molar refractivity (Wildman–Crippen MR) is 119 cm³/mol. The lowest BCUT2D eigenvalue weighted by Gasteiger charge is -2.26. The fourth-order valence-corrected chi connectivity index (χ4v) is 4.62. The highest BCUT2D eigenvalue weighted by atomic mass is 32.1. The van der Waals surface area contributed by atoms with Gasteiger partial charge in [0.15, 0.2) is 0 Å². The zero-order chi connectivity index (χ0) is 22.4. The number of nitrogens with two attached hydrogens (primary N) is 1. The van der Waals surface area contributed by atoms with Crippen molar-refractivity contribution in [1.29, 1.82) is 0 Å². The molecule has 3 N–H and O–H groups in total. The van der Waals surface area contributed by atoms with Gasteiger partial charge in [-0.25, -0.2) is 4.79 Å². The average molecular weight is 446 g/mol. The molecule has 0 saturated carbocycles. The van der Waals surface area contributed by atoms with E-state index in [9.17, 15) is 14.4 Å². The summed E-state index contributed by atoms with van der Waals surface area (Å²) in [5.41, 5.74) is 7.14. The van der Waals surface area contributed by atoms with Gasteiger partial charge in [-0.3, -0.25) is 9.59 Å². The van der Waals surface area contributed by atoms with Crippen LogP contribution >= 0.6 is 11.3 Å². The van der Waals surface area contributed by atoms with E-state index in [-0.39, 0.29) is 5.91 Å². The van der Waals surface area contributed by atoms with Gasteiger partial charge >= 0.3 is 6.09 Å². The monoisotopic (exact) mass is 445 g/mol. The van der Waals surface area contributed by atoms with Gasteiger partial charge in [0.25, 0.3) is 11.8 Å². The third-order valence-electron chi connectivity index (χ3n) is 4.92. The number of thiophene rings is 1. The lowest BCUT2D eigenvalue weighted by Crippen LogP contribution is -2.36. The fourth-order valence-electron chi connectivity index (χ4n) is 3.36. The van der Waals surface area contributed by atoms with E-state index < -0.39 is 12.0 Å². The Bertz CT molecular complexity index is 972. The fraction of sp³-hybridized carbons (Fsp3) is 0.409. The maximum absolute atomic E-state index is 12.8. The van der Waals surface area contributed by atoms with Crippen LogP contribution in [-0.4, -0.2) is 42.6 Å². The van der Waals surface area contributed by atoms with E-state index in [0.29, 0.717) is 54.6 Å². The van der Waals surface area contributed by atoms with Crippen molar-refractivity contribution in [2.75, 3.05) is 25.1 Å². The minimum atomic E-state index is -0.603. The number of ether oxygens (including phenoxy) is 2. The molecule has 1 aliphatic rings. The summed E-state index contributed by atoms with van der Waals surface area (Å²) >= 11 is 1.26. The number of hydrogen-bond acceptors (Lipinski definition) is 6. The highest BCUT2D eigenvalue weighted by molar-refractivity contribution is 7.17. The Morgan fingerprint density at radius 3 is 2.77 bits per heavy atom. The molecule has 9 heteroatoms. The number of carbonyl (C=O) groups excluding carboxylic acids is 3. The Labute approximate surface area is 185 Å². The van der Waals surface area contributed by atoms with Gasteiger partial charge in [0, 0.05) is 17.0 Å². The summed E-state index contributed by atoms with van der Waals surface area (Å²) < 4.78 is 10.7. The van der Waals surface area contributed by atoms with Crippen molar-refractivity contribution in [3.05, 3.63) is 45.8 Å². The van der Waals surface area contributed by atoms with Crippen LogP contribution < -0.4 is 15.8 Å². The molecule has 2 aromatic rings. The molecule has 3 rings (SSSR count). The number of benzene rings is 1. The lowest BCUT2D eigenvalue weighted by atomic mass is 10.0. The first-order valence-corrected chi connectivity index (χ1v) is 11.2. The molecule has 1 aromatic heterocycles. The number of fused-ring (bicyclic) bond motifs is 1. The van der Waals surface area contributed by atoms with Crippen LogP contribution in [0.3, 0.4) is 0 Å². The smallest absolute Gasteiger partial charge is 0.410 e. The number of carbonyl (C=O) groups is 3. The molecule has 31 heavy (non-hydrogen) atoms. The third-order valence-corrected chi connectivity index (χ3v) is 6.05. The van der Waals surface area contributed by atoms with Gasteiger partial charge in [-0.1, -0.05) is 19.4 Å². The van der Waals surface area contributed by atoms with Crippen LogP contribution in [0, 0.1) is 0 Å². The van der Waals surface area contributed by atoms with Crippen LogP contribution in [-0.2, 0) is 17.7 Å². The topological polar surface area (TPSA) is 111 Å². The Hall–Kier alpha value is -3.07. The first kappa shape index (κ1) is 22.6. The second kappa shape index (κ2) is 10.3. The molecule has 0 unspecified atom stereocenters. The standard InChI is InChI=1S/C22H27N3O5S/c1-3-5-11-30-15-8-6-7-14(12-15)20(27)24-21-18(19(23)26)16-9-10-25(13-17(16)31-21)22(28)29-4-2/h6-8,12H,3-5,9-11,13H2,1-2H3,(H2,23,26)(H,24,27). The summed E-state index contributed by atoms with van der Waals surface area (Å²) in [6, 6.07) is 6.91. The molecule has 1 aromatic carbocycles. The zero-order valence-electron chi connectivity index (χ0n) is 17.7. The van der Waals surface area contributed by atoms with Crippen LogP contribution in [0.5, 0.6) is 5.75 Å². The van der Waals surface area contributed by atoms with E-state index in [1.807, 2.05) is 0 Å². The quantitative estimate of drug-likeness (QED) is 0.601. The minimum Gasteiger partial charge on any atom is -0.494 e. The van der Waals surface area contributed by atoms with Crippen molar-refractivity contribution in [2.45, 2.75) is 39.7 Å². The number of nitrogens with one attached hydrogen (secondary N) is 1. The maximum atomic E-state index is 12.8. The largest absolute Gasteiger partial charge is 0.494 e. The van der Waals surface area contributed by atoms with Crippen LogP contribution in [0.15, 0.2) is 24.3 Å². The number of nitrogens with zero attached hydrogens (tertiary/aromatic N) is 1. The van der Waals surface area contributed by atoms with Gasteiger partial charge in [0.1, 0.15) is 10.8 Å². The molecule has 0 saturated heterocycles. The number of primary amides is 1. The Morgan fingerprint density at radius 2 is 2.06 bits per heavy atom. The SMILES string of the molecule is CCCCOc1cccc(C(=O)Nc2sc3c(c2C(N)=O)CCN(C(=O)OCC)C3)c1. The van der Waals surface area contributed by atoms with Crippen molar-refractivity contribution in [3.63, 3.8) is 0 Å². The second-order valence-electron chi connectivity index (χ2n) is 7.13. The number of anilines is 1. The van der Waals surface area contributed by atoms with Crippen molar-refractivity contribution < 1.29 is 23.9 Å². The Kier molecular flexibility index (Phi) is 7.51. The maximum Gasteiger partial charge on any atom is 0.410 e. The molecular weight excluding hydrogens is 418 g/mol. The molecule has 2 heterocycles. The summed E-state index contributed by atoms with van der Waals surface area (Å²) in [5.74, 6) is -0.343. The van der Waals surface area contributed by atoms with Crippen LogP contribution in [0.25, 0.3) is 0 Å². The van der Waals surface area contributed by atoms with Crippen molar-refractivity contribution >= 4 is 34.2 Å². The third kappa shape index (κ3) is 5.35. The molecule has 166 valence electrons. The second-order valence-corrected chi connectivity index (χ2v) is 8.23. The van der Waals surface area contributed by atoms with Crippen molar-refractivity contribution in [2.24, 2.45) is 5.73 Å². The summed E-state index contributed by atoms with van der Waals surface area (Å²) in [4.78, 5) is 39.4. The number of unbranched alkanes of at least 4 members (excludes halogenated alkanes) is 1. The van der Waals surface area contributed by atoms with Crippen molar-refractivity contribution in [1.82, 2.24) is 4.90 Å². The summed E-state index contributed by atoms with van der Waals surface area (Å²) in [5, 5.41) is 3.21. The van der Waals surface area contributed by atoms with Crippen molar-refractivity contribution in [3.8, 4) is 5.75 Å². The van der Waals surface area contributed by atoms with E-state index in [1.54, 1.807) is 36.1 Å². The first-order valence-electron chi connectivity index (χ1n) is 10.3. The van der Waals surface area contributed by atoms with E-state index in [2.05, 4.69) is 12.2 Å². The molecule has 0 aliphatic carbocycles. The highest BCUT2D eigenvalue weighted by Gasteiger charge is 2.30. The first-order chi connectivity index (χ1) is 14.9. The van der Waals surface area contributed by atoms with Gasteiger partial charge in [-0.15, -0.1) is 11.3 Å². The Morgan fingerprint density at radius 1 is 1.26 bits per heavy atom. The minimum absolute atomic E-state index is 0.293. The Balaban J connectivity index is 1.79. The van der Waals surface area contributed by atoms with Gasteiger partial charge < -0.3 is 25.4 Å². The molecule has 3 amide bonds. The zero-order valence-corrected chi connectivity index (χ0v) is 18.5. The molecule has 0 fully saturated rings. The van der Waals surface area contributed by atoms with E-state index in [1.165, 1.54) is 11.3 Å². The molecule has 1 aliphatic heterocycles. The van der Waals surface area contributed by atoms with Gasteiger partial charge in [0.05, 0.1) is 25.3 Å². The van der Waals surface area contributed by atoms with Crippen LogP contribution in [0.4, 0.5) is 9.80 Å². The highest BCUT2D eigenvalue weighted by Crippen LogP contribution is 2.37. The van der Waals surface area contributed by atoms with Gasteiger partial charge in [-0.2, -0.15) is 0 Å². The van der Waals surface area contributed by atoms with Crippen LogP contribution in [0.2, 0.25) is 0 Å². The lowest BCUT2D eigenvalue weighted by molar-refractivity contribution is 0.0997. The summed E-state index contributed by atoms with van der Waals surface area (Å²) in [6.45, 7) is 5.45. The summed E-state index contributed by atoms with van der Waals surface area (Å²) in [7, 11) is 0. The van der Waals surface area contributed by atoms with Crippen LogP contribution in [0.1, 0.15) is 57.8 Å². The molecule has 0 atom stereocenters. The average Bonchev–Trinajstić information content (AvgIpc) is 3.11. The normalized spacial score (nSPS) is 12.8. The molecule has 0 spiro atoms. The van der Waals surface area contributed by atoms with E-state index >= 15 is 0 Å².